The molecule has 1 aliphatic heterocycles. The van der Waals surface area contributed by atoms with Crippen LogP contribution in [0.1, 0.15) is 28.4 Å². The Morgan fingerprint density at radius 2 is 1.61 bits per heavy atom. The SMILES string of the molecule is CC(=O)Nc1ccc(C=C2C(=O)OC(=O)c3ccccc32)cc1. The summed E-state index contributed by atoms with van der Waals surface area (Å²) in [6.07, 6.45) is 1.66. The monoisotopic (exact) mass is 307 g/mol. The molecule has 1 heterocycles. The number of carbonyl (C=O) groups is 3. The molecular formula is C18H13NO4. The van der Waals surface area contributed by atoms with Gasteiger partial charge in [-0.05, 0) is 29.8 Å². The Morgan fingerprint density at radius 3 is 2.26 bits per heavy atom. The summed E-state index contributed by atoms with van der Waals surface area (Å²) >= 11 is 0. The zero-order valence-electron chi connectivity index (χ0n) is 12.3. The van der Waals surface area contributed by atoms with Crippen molar-refractivity contribution in [3.8, 4) is 0 Å². The minimum absolute atomic E-state index is 0.153. The van der Waals surface area contributed by atoms with Crippen molar-refractivity contribution in [2.24, 2.45) is 0 Å². The second-order valence-electron chi connectivity index (χ2n) is 5.08. The average molecular weight is 307 g/mol. The molecule has 0 atom stereocenters. The summed E-state index contributed by atoms with van der Waals surface area (Å²) < 4.78 is 4.77. The van der Waals surface area contributed by atoms with Crippen LogP contribution in [-0.2, 0) is 14.3 Å². The Balaban J connectivity index is 1.98. The molecule has 0 aliphatic carbocycles. The van der Waals surface area contributed by atoms with Gasteiger partial charge in [-0.25, -0.2) is 9.59 Å². The number of rotatable bonds is 2. The molecule has 5 nitrogen and oxygen atoms in total. The number of hydrogen-bond acceptors (Lipinski definition) is 4. The maximum atomic E-state index is 12.0. The molecule has 23 heavy (non-hydrogen) atoms. The fourth-order valence-electron chi connectivity index (χ4n) is 2.37. The van der Waals surface area contributed by atoms with E-state index >= 15 is 0 Å². The summed E-state index contributed by atoms with van der Waals surface area (Å²) in [5.41, 5.74) is 2.68. The lowest BCUT2D eigenvalue weighted by Gasteiger charge is -2.16. The van der Waals surface area contributed by atoms with Gasteiger partial charge in [0.15, 0.2) is 0 Å². The molecule has 0 saturated heterocycles. The Hall–Kier alpha value is -3.21. The lowest BCUT2D eigenvalue weighted by Crippen LogP contribution is -2.21. The molecule has 0 radical (unpaired) electrons. The van der Waals surface area contributed by atoms with Crippen LogP contribution in [0, 0.1) is 0 Å². The van der Waals surface area contributed by atoms with E-state index in [1.807, 2.05) is 0 Å². The molecule has 5 heteroatoms. The van der Waals surface area contributed by atoms with Crippen LogP contribution in [0.4, 0.5) is 5.69 Å². The average Bonchev–Trinajstić information content (AvgIpc) is 2.52. The van der Waals surface area contributed by atoms with Crippen molar-refractivity contribution in [1.82, 2.24) is 0 Å². The van der Waals surface area contributed by atoms with Crippen molar-refractivity contribution in [2.45, 2.75) is 6.92 Å². The normalized spacial score (nSPS) is 15.1. The van der Waals surface area contributed by atoms with E-state index in [9.17, 15) is 14.4 Å². The molecule has 2 aromatic carbocycles. The molecule has 0 aromatic heterocycles. The Labute approximate surface area is 132 Å². The van der Waals surface area contributed by atoms with E-state index in [4.69, 9.17) is 4.74 Å². The van der Waals surface area contributed by atoms with Gasteiger partial charge in [0.1, 0.15) is 0 Å². The van der Waals surface area contributed by atoms with E-state index < -0.39 is 11.9 Å². The van der Waals surface area contributed by atoms with Crippen LogP contribution < -0.4 is 5.32 Å². The first kappa shape index (κ1) is 14.7. The van der Waals surface area contributed by atoms with E-state index in [1.54, 1.807) is 54.6 Å². The van der Waals surface area contributed by atoms with Crippen molar-refractivity contribution in [1.29, 1.82) is 0 Å². The Kier molecular flexibility index (Phi) is 3.76. The smallest absolute Gasteiger partial charge is 0.346 e. The number of anilines is 1. The molecule has 0 unspecified atom stereocenters. The second kappa shape index (κ2) is 5.88. The molecule has 1 N–H and O–H groups in total. The summed E-state index contributed by atoms with van der Waals surface area (Å²) in [4.78, 5) is 34.8. The highest BCUT2D eigenvalue weighted by Gasteiger charge is 2.28. The van der Waals surface area contributed by atoms with Crippen LogP contribution in [0.5, 0.6) is 0 Å². The molecule has 0 saturated carbocycles. The number of carbonyl (C=O) groups excluding carboxylic acids is 3. The molecule has 2 aromatic rings. The van der Waals surface area contributed by atoms with E-state index in [0.29, 0.717) is 22.4 Å². The molecule has 0 fully saturated rings. The fraction of sp³-hybridized carbons (Fsp3) is 0.0556. The van der Waals surface area contributed by atoms with E-state index in [2.05, 4.69) is 5.32 Å². The number of nitrogens with one attached hydrogen (secondary N) is 1. The number of ether oxygens (including phenoxy) is 1. The maximum absolute atomic E-state index is 12.0. The van der Waals surface area contributed by atoms with Crippen molar-refractivity contribution in [2.75, 3.05) is 5.32 Å². The van der Waals surface area contributed by atoms with E-state index in [1.165, 1.54) is 6.92 Å². The lowest BCUT2D eigenvalue weighted by atomic mass is 9.95. The Morgan fingerprint density at radius 1 is 0.957 bits per heavy atom. The minimum atomic E-state index is -0.667. The number of benzene rings is 2. The molecule has 1 amide bonds. The van der Waals surface area contributed by atoms with Gasteiger partial charge in [-0.3, -0.25) is 4.79 Å². The van der Waals surface area contributed by atoms with Crippen molar-refractivity contribution in [3.05, 3.63) is 65.2 Å². The van der Waals surface area contributed by atoms with Crippen LogP contribution in [0.2, 0.25) is 0 Å². The van der Waals surface area contributed by atoms with Gasteiger partial charge in [0.25, 0.3) is 0 Å². The zero-order valence-corrected chi connectivity index (χ0v) is 12.3. The van der Waals surface area contributed by atoms with Crippen molar-refractivity contribution < 1.29 is 19.1 Å². The Bertz CT molecular complexity index is 834. The van der Waals surface area contributed by atoms with Gasteiger partial charge in [0.05, 0.1) is 11.1 Å². The van der Waals surface area contributed by atoms with Gasteiger partial charge in [-0.1, -0.05) is 30.3 Å². The van der Waals surface area contributed by atoms with Crippen LogP contribution in [-0.4, -0.2) is 17.8 Å². The standard InChI is InChI=1S/C18H13NO4/c1-11(20)19-13-8-6-12(7-9-13)10-16-14-4-2-3-5-15(14)17(21)23-18(16)22/h2-10H,1H3,(H,19,20). The highest BCUT2D eigenvalue weighted by atomic mass is 16.6. The third-order valence-corrected chi connectivity index (χ3v) is 3.38. The van der Waals surface area contributed by atoms with Crippen LogP contribution in [0.15, 0.2) is 48.5 Å². The maximum Gasteiger partial charge on any atom is 0.346 e. The van der Waals surface area contributed by atoms with Gasteiger partial charge < -0.3 is 10.1 Å². The minimum Gasteiger partial charge on any atom is -0.386 e. The number of fused-ring (bicyclic) bond motifs is 1. The second-order valence-corrected chi connectivity index (χ2v) is 5.08. The lowest BCUT2D eigenvalue weighted by molar-refractivity contribution is -0.131. The van der Waals surface area contributed by atoms with Gasteiger partial charge in [-0.2, -0.15) is 0 Å². The topological polar surface area (TPSA) is 72.5 Å². The fourth-order valence-corrected chi connectivity index (χ4v) is 2.37. The number of cyclic esters (lactones) is 2. The molecule has 3 rings (SSSR count). The molecule has 114 valence electrons. The van der Waals surface area contributed by atoms with Crippen LogP contribution >= 0.6 is 0 Å². The number of amides is 1. The van der Waals surface area contributed by atoms with Crippen molar-refractivity contribution >= 4 is 35.2 Å². The van der Waals surface area contributed by atoms with Gasteiger partial charge in [-0.15, -0.1) is 0 Å². The first-order valence-corrected chi connectivity index (χ1v) is 7.00. The van der Waals surface area contributed by atoms with E-state index in [-0.39, 0.29) is 5.91 Å². The largest absolute Gasteiger partial charge is 0.386 e. The predicted molar refractivity (Wildman–Crippen MR) is 85.5 cm³/mol. The number of esters is 2. The summed E-state index contributed by atoms with van der Waals surface area (Å²) in [6, 6.07) is 13.8. The van der Waals surface area contributed by atoms with Gasteiger partial charge >= 0.3 is 11.9 Å². The van der Waals surface area contributed by atoms with Gasteiger partial charge in [0.2, 0.25) is 5.91 Å². The van der Waals surface area contributed by atoms with Gasteiger partial charge in [0, 0.05) is 18.2 Å². The highest BCUT2D eigenvalue weighted by Crippen LogP contribution is 2.28. The molecule has 1 aliphatic rings. The van der Waals surface area contributed by atoms with Crippen molar-refractivity contribution in [3.63, 3.8) is 0 Å². The van der Waals surface area contributed by atoms with Crippen LogP contribution in [0.25, 0.3) is 11.6 Å². The summed E-state index contributed by atoms with van der Waals surface area (Å²) in [5.74, 6) is -1.46. The summed E-state index contributed by atoms with van der Waals surface area (Å²) in [7, 11) is 0. The summed E-state index contributed by atoms with van der Waals surface area (Å²) in [5, 5.41) is 2.67. The number of hydrogen-bond donors (Lipinski definition) is 1. The zero-order chi connectivity index (χ0) is 16.4. The molecular weight excluding hydrogens is 294 g/mol. The highest BCUT2D eigenvalue weighted by molar-refractivity contribution is 6.29. The molecule has 0 spiro atoms. The summed E-state index contributed by atoms with van der Waals surface area (Å²) in [6.45, 7) is 1.43. The molecule has 0 bridgehead atoms. The van der Waals surface area contributed by atoms with E-state index in [0.717, 1.165) is 5.56 Å². The predicted octanol–water partition coefficient (Wildman–Crippen LogP) is 2.88. The third kappa shape index (κ3) is 3.03. The quantitative estimate of drug-likeness (QED) is 0.526. The first-order chi connectivity index (χ1) is 11.0. The van der Waals surface area contributed by atoms with Crippen LogP contribution in [0.3, 0.4) is 0 Å². The third-order valence-electron chi connectivity index (χ3n) is 3.38. The first-order valence-electron chi connectivity index (χ1n) is 7.00.